The number of phenols is 1. The molecule has 0 saturated heterocycles. The summed E-state index contributed by atoms with van der Waals surface area (Å²) in [5.74, 6) is -5.35. The summed E-state index contributed by atoms with van der Waals surface area (Å²) in [6, 6.07) is 3.28. The lowest BCUT2D eigenvalue weighted by Gasteiger charge is -2.03. The summed E-state index contributed by atoms with van der Waals surface area (Å²) in [4.78, 5) is 32.1. The number of hydrogen-bond donors (Lipinski definition) is 3. The summed E-state index contributed by atoms with van der Waals surface area (Å²) in [6.07, 6.45) is 0. The number of aliphatic carboxylic acids is 1. The molecular weight excluding hydrogens is 204 g/mol. The van der Waals surface area contributed by atoms with Crippen molar-refractivity contribution in [3.05, 3.63) is 29.3 Å². The van der Waals surface area contributed by atoms with Crippen LogP contribution in [-0.2, 0) is 4.79 Å². The fourth-order valence-electron chi connectivity index (χ4n) is 1.07. The molecule has 6 heteroatoms. The maximum Gasteiger partial charge on any atom is 0.377 e. The normalized spacial score (nSPS) is 9.60. The highest BCUT2D eigenvalue weighted by Gasteiger charge is 2.24. The second-order valence-corrected chi connectivity index (χ2v) is 2.64. The molecule has 0 aliphatic rings. The van der Waals surface area contributed by atoms with E-state index in [1.54, 1.807) is 0 Å². The number of carbonyl (C=O) groups is 3. The third kappa shape index (κ3) is 1.93. The van der Waals surface area contributed by atoms with Crippen molar-refractivity contribution in [2.75, 3.05) is 0 Å². The number of carboxylic acid groups (broad SMARTS) is 2. The SMILES string of the molecule is O=C(O)C(=O)c1cccc(O)c1C(=O)O. The molecule has 0 fully saturated rings. The Bertz CT molecular complexity index is 448. The largest absolute Gasteiger partial charge is 0.507 e. The first-order valence-corrected chi connectivity index (χ1v) is 3.78. The average Bonchev–Trinajstić information content (AvgIpc) is 2.15. The lowest BCUT2D eigenvalue weighted by atomic mass is 10.0. The lowest BCUT2D eigenvalue weighted by Crippen LogP contribution is -2.17. The highest BCUT2D eigenvalue weighted by atomic mass is 16.4. The number of hydrogen-bond acceptors (Lipinski definition) is 4. The fourth-order valence-corrected chi connectivity index (χ4v) is 1.07. The number of rotatable bonds is 3. The Hall–Kier alpha value is -2.37. The van der Waals surface area contributed by atoms with E-state index in [4.69, 9.17) is 15.3 Å². The van der Waals surface area contributed by atoms with Gasteiger partial charge in [0.1, 0.15) is 11.3 Å². The van der Waals surface area contributed by atoms with Gasteiger partial charge in [-0.1, -0.05) is 6.07 Å². The number of Topliss-reactive ketones (excluding diaryl/α,β-unsaturated/α-hetero) is 1. The first-order valence-electron chi connectivity index (χ1n) is 3.78. The second-order valence-electron chi connectivity index (χ2n) is 2.64. The number of aromatic carboxylic acids is 1. The Balaban J connectivity index is 3.42. The fraction of sp³-hybridized carbons (Fsp3) is 0. The Morgan fingerprint density at radius 3 is 2.13 bits per heavy atom. The molecule has 1 aromatic carbocycles. The maximum absolute atomic E-state index is 11.0. The van der Waals surface area contributed by atoms with Crippen LogP contribution in [0.2, 0.25) is 0 Å². The molecule has 15 heavy (non-hydrogen) atoms. The number of carboxylic acids is 2. The van der Waals surface area contributed by atoms with Crippen molar-refractivity contribution in [1.29, 1.82) is 0 Å². The molecule has 0 aromatic heterocycles. The van der Waals surface area contributed by atoms with Crippen LogP contribution in [0.5, 0.6) is 5.75 Å². The standard InChI is InChI=1S/C9H6O6/c10-5-3-1-2-4(6(5)8(12)13)7(11)9(14)15/h1-3,10H,(H,12,13)(H,14,15). The van der Waals surface area contributed by atoms with Crippen molar-refractivity contribution in [3.8, 4) is 5.75 Å². The summed E-state index contributed by atoms with van der Waals surface area (Å²) < 4.78 is 0. The van der Waals surface area contributed by atoms with Crippen molar-refractivity contribution in [3.63, 3.8) is 0 Å². The smallest absolute Gasteiger partial charge is 0.377 e. The third-order valence-corrected chi connectivity index (χ3v) is 1.70. The van der Waals surface area contributed by atoms with Crippen LogP contribution in [0.25, 0.3) is 0 Å². The van der Waals surface area contributed by atoms with Crippen molar-refractivity contribution >= 4 is 17.7 Å². The van der Waals surface area contributed by atoms with Crippen LogP contribution in [0.15, 0.2) is 18.2 Å². The Labute approximate surface area is 83.4 Å². The molecule has 0 aliphatic heterocycles. The van der Waals surface area contributed by atoms with Crippen molar-refractivity contribution in [1.82, 2.24) is 0 Å². The van der Waals surface area contributed by atoms with Crippen LogP contribution >= 0.6 is 0 Å². The minimum atomic E-state index is -1.77. The van der Waals surface area contributed by atoms with Crippen LogP contribution < -0.4 is 0 Å². The zero-order valence-corrected chi connectivity index (χ0v) is 7.30. The number of ketones is 1. The molecule has 0 unspecified atom stereocenters. The minimum absolute atomic E-state index is 0.546. The number of carbonyl (C=O) groups excluding carboxylic acids is 1. The summed E-state index contributed by atoms with van der Waals surface area (Å²) in [7, 11) is 0. The molecule has 78 valence electrons. The zero-order chi connectivity index (χ0) is 11.6. The van der Waals surface area contributed by atoms with Crippen LogP contribution in [0.4, 0.5) is 0 Å². The van der Waals surface area contributed by atoms with Gasteiger partial charge in [0, 0.05) is 5.56 Å². The number of benzene rings is 1. The van der Waals surface area contributed by atoms with E-state index in [0.29, 0.717) is 0 Å². The molecule has 0 saturated carbocycles. The molecule has 0 bridgehead atoms. The van der Waals surface area contributed by atoms with Gasteiger partial charge in [0.05, 0.1) is 0 Å². The molecule has 1 rings (SSSR count). The zero-order valence-electron chi connectivity index (χ0n) is 7.30. The molecule has 0 spiro atoms. The minimum Gasteiger partial charge on any atom is -0.507 e. The predicted molar refractivity (Wildman–Crippen MR) is 47.0 cm³/mol. The predicted octanol–water partition coefficient (Wildman–Crippen LogP) is 0.358. The molecule has 0 heterocycles. The molecule has 0 radical (unpaired) electrons. The highest BCUT2D eigenvalue weighted by Crippen LogP contribution is 2.21. The molecular formula is C9H6O6. The summed E-state index contributed by atoms with van der Waals surface area (Å²) >= 11 is 0. The quantitative estimate of drug-likeness (QED) is 0.490. The van der Waals surface area contributed by atoms with Gasteiger partial charge in [0.25, 0.3) is 5.78 Å². The van der Waals surface area contributed by atoms with E-state index in [0.717, 1.165) is 12.1 Å². The lowest BCUT2D eigenvalue weighted by molar-refractivity contribution is -0.131. The molecule has 0 atom stereocenters. The Morgan fingerprint density at radius 1 is 1.07 bits per heavy atom. The van der Waals surface area contributed by atoms with Gasteiger partial charge in [-0.15, -0.1) is 0 Å². The van der Waals surface area contributed by atoms with Gasteiger partial charge < -0.3 is 15.3 Å². The van der Waals surface area contributed by atoms with Gasteiger partial charge in [0.2, 0.25) is 0 Å². The van der Waals surface area contributed by atoms with Gasteiger partial charge >= 0.3 is 11.9 Å². The van der Waals surface area contributed by atoms with E-state index in [-0.39, 0.29) is 0 Å². The van der Waals surface area contributed by atoms with Gasteiger partial charge in [-0.05, 0) is 12.1 Å². The van der Waals surface area contributed by atoms with E-state index in [9.17, 15) is 14.4 Å². The van der Waals surface area contributed by atoms with Crippen molar-refractivity contribution in [2.24, 2.45) is 0 Å². The first-order chi connectivity index (χ1) is 6.95. The summed E-state index contributed by atoms with van der Waals surface area (Å²) in [5, 5.41) is 26.2. The number of aromatic hydroxyl groups is 1. The van der Waals surface area contributed by atoms with E-state index in [2.05, 4.69) is 0 Å². The highest BCUT2D eigenvalue weighted by molar-refractivity contribution is 6.41. The van der Waals surface area contributed by atoms with Crippen LogP contribution in [0.1, 0.15) is 20.7 Å². The summed E-state index contributed by atoms with van der Waals surface area (Å²) in [6.45, 7) is 0. The maximum atomic E-state index is 11.0. The van der Waals surface area contributed by atoms with Crippen LogP contribution in [0.3, 0.4) is 0 Å². The molecule has 6 nitrogen and oxygen atoms in total. The van der Waals surface area contributed by atoms with Gasteiger partial charge in [-0.3, -0.25) is 4.79 Å². The molecule has 1 aromatic rings. The third-order valence-electron chi connectivity index (χ3n) is 1.70. The van der Waals surface area contributed by atoms with Crippen LogP contribution in [-0.4, -0.2) is 33.0 Å². The molecule has 0 aliphatic carbocycles. The van der Waals surface area contributed by atoms with E-state index in [1.165, 1.54) is 6.07 Å². The van der Waals surface area contributed by atoms with Crippen LogP contribution in [0, 0.1) is 0 Å². The van der Waals surface area contributed by atoms with Gasteiger partial charge in [0.15, 0.2) is 0 Å². The monoisotopic (exact) mass is 210 g/mol. The second kappa shape index (κ2) is 3.79. The Morgan fingerprint density at radius 2 is 1.67 bits per heavy atom. The van der Waals surface area contributed by atoms with Gasteiger partial charge in [-0.2, -0.15) is 0 Å². The molecule has 0 amide bonds. The van der Waals surface area contributed by atoms with E-state index in [1.807, 2.05) is 0 Å². The van der Waals surface area contributed by atoms with Gasteiger partial charge in [-0.25, -0.2) is 9.59 Å². The van der Waals surface area contributed by atoms with E-state index >= 15 is 0 Å². The average molecular weight is 210 g/mol. The van der Waals surface area contributed by atoms with Crippen molar-refractivity contribution < 1.29 is 29.7 Å². The molecule has 3 N–H and O–H groups in total. The first kappa shape index (κ1) is 10.7. The Kier molecular flexibility index (Phi) is 2.70. The summed E-state index contributed by atoms with van der Waals surface area (Å²) in [5.41, 5.74) is -1.25. The topological polar surface area (TPSA) is 112 Å². The van der Waals surface area contributed by atoms with Crippen molar-refractivity contribution in [2.45, 2.75) is 0 Å². The van der Waals surface area contributed by atoms with E-state index < -0.39 is 34.6 Å².